The summed E-state index contributed by atoms with van der Waals surface area (Å²) < 4.78 is 33.6. The number of anilines is 3. The van der Waals surface area contributed by atoms with Gasteiger partial charge < -0.3 is 11.1 Å². The molecule has 0 atom stereocenters. The number of rotatable bonds is 4. The normalized spacial score (nSPS) is 12.8. The molecule has 7 nitrogen and oxygen atoms in total. The van der Waals surface area contributed by atoms with Crippen molar-refractivity contribution in [1.29, 1.82) is 0 Å². The van der Waals surface area contributed by atoms with E-state index in [1.165, 1.54) is 12.1 Å². The Morgan fingerprint density at radius 2 is 1.50 bits per heavy atom. The van der Waals surface area contributed by atoms with E-state index in [2.05, 4.69) is 5.32 Å². The van der Waals surface area contributed by atoms with Gasteiger partial charge in [0.15, 0.2) is 11.6 Å². The number of ketones is 2. The van der Waals surface area contributed by atoms with Crippen molar-refractivity contribution in [1.82, 2.24) is 0 Å². The molecule has 160 valence electrons. The quantitative estimate of drug-likeness (QED) is 0.242. The van der Waals surface area contributed by atoms with Crippen molar-refractivity contribution in [3.63, 3.8) is 0 Å². The molecule has 4 N–H and O–H groups in total. The van der Waals surface area contributed by atoms with Crippen LogP contribution >= 0.6 is 0 Å². The van der Waals surface area contributed by atoms with E-state index in [-0.39, 0.29) is 63.4 Å². The third-order valence-corrected chi connectivity index (χ3v) is 6.20. The fourth-order valence-corrected chi connectivity index (χ4v) is 4.38. The van der Waals surface area contributed by atoms with Gasteiger partial charge in [-0.25, -0.2) is 0 Å². The minimum absolute atomic E-state index is 0. The van der Waals surface area contributed by atoms with Crippen LogP contribution in [0.15, 0.2) is 59.5 Å². The molecule has 1 aliphatic carbocycles. The second kappa shape index (κ2) is 8.80. The van der Waals surface area contributed by atoms with Crippen LogP contribution in [0.2, 0.25) is 0 Å². The molecule has 32 heavy (non-hydrogen) atoms. The molecule has 0 heterocycles. The first kappa shape index (κ1) is 24.2. The number of nitrogen functional groups attached to an aromatic ring is 1. The Morgan fingerprint density at radius 3 is 2.06 bits per heavy atom. The van der Waals surface area contributed by atoms with Gasteiger partial charge >= 0.3 is 29.6 Å². The third kappa shape index (κ3) is 4.12. The minimum atomic E-state index is -4.75. The molecular weight excluding hydrogens is 439 g/mol. The van der Waals surface area contributed by atoms with Crippen LogP contribution in [-0.4, -0.2) is 54.1 Å². The zero-order valence-electron chi connectivity index (χ0n) is 16.8. The zero-order valence-corrected chi connectivity index (χ0v) is 17.7. The van der Waals surface area contributed by atoms with Gasteiger partial charge in [0.2, 0.25) is 0 Å². The second-order valence-electron chi connectivity index (χ2n) is 7.67. The van der Waals surface area contributed by atoms with Gasteiger partial charge in [-0.05, 0) is 29.7 Å². The topological polar surface area (TPSA) is 127 Å². The average Bonchev–Trinajstić information content (AvgIpc) is 2.72. The molecule has 3 aromatic rings. The molecule has 0 aromatic heterocycles. The van der Waals surface area contributed by atoms with Gasteiger partial charge in [-0.15, -0.1) is 0 Å². The van der Waals surface area contributed by atoms with Crippen molar-refractivity contribution in [2.75, 3.05) is 11.1 Å². The molecule has 0 unspecified atom stereocenters. The van der Waals surface area contributed by atoms with Crippen LogP contribution in [0.25, 0.3) is 0 Å². The van der Waals surface area contributed by atoms with Gasteiger partial charge in [0.05, 0.1) is 22.5 Å². The molecule has 0 bridgehead atoms. The van der Waals surface area contributed by atoms with E-state index in [0.717, 1.165) is 11.6 Å². The van der Waals surface area contributed by atoms with Crippen molar-refractivity contribution < 1.29 is 22.6 Å². The Kier molecular flexibility index (Phi) is 6.65. The monoisotopic (exact) mass is 460 g/mol. The van der Waals surface area contributed by atoms with Crippen molar-refractivity contribution in [3.05, 3.63) is 82.4 Å². The molecule has 0 aliphatic heterocycles. The van der Waals surface area contributed by atoms with E-state index in [0.29, 0.717) is 5.69 Å². The third-order valence-electron chi connectivity index (χ3n) is 5.31. The molecular formula is C23H21N2NaO5S. The number of carbonyl (C=O) groups is 2. The Morgan fingerprint density at radius 1 is 0.906 bits per heavy atom. The summed E-state index contributed by atoms with van der Waals surface area (Å²) in [7, 11) is -4.75. The van der Waals surface area contributed by atoms with Gasteiger partial charge in [-0.2, -0.15) is 8.42 Å². The number of hydrogen-bond acceptors (Lipinski definition) is 6. The molecule has 3 aromatic carbocycles. The number of benzene rings is 3. The van der Waals surface area contributed by atoms with Gasteiger partial charge in [0.25, 0.3) is 10.1 Å². The van der Waals surface area contributed by atoms with Crippen molar-refractivity contribution in [2.24, 2.45) is 0 Å². The summed E-state index contributed by atoms with van der Waals surface area (Å²) in [4.78, 5) is 25.8. The van der Waals surface area contributed by atoms with E-state index >= 15 is 0 Å². The molecule has 0 radical (unpaired) electrons. The SMILES string of the molecule is CC(C)c1cccc(Nc2cc(S(=O)(=O)O)c(N)c3c2C(=O)c2ccccc2C3=O)c1.[NaH]. The molecule has 0 amide bonds. The summed E-state index contributed by atoms with van der Waals surface area (Å²) in [6.07, 6.45) is 0. The summed E-state index contributed by atoms with van der Waals surface area (Å²) in [5, 5.41) is 3.04. The molecule has 4 rings (SSSR count). The van der Waals surface area contributed by atoms with Gasteiger partial charge in [-0.3, -0.25) is 14.1 Å². The molecule has 0 saturated carbocycles. The van der Waals surface area contributed by atoms with Crippen LogP contribution in [0.3, 0.4) is 0 Å². The number of nitrogens with one attached hydrogen (secondary N) is 1. The van der Waals surface area contributed by atoms with Crippen LogP contribution in [0, 0.1) is 0 Å². The zero-order chi connectivity index (χ0) is 22.5. The fourth-order valence-electron chi connectivity index (χ4n) is 3.74. The Hall–Kier alpha value is -2.49. The first-order valence-electron chi connectivity index (χ1n) is 9.59. The van der Waals surface area contributed by atoms with Gasteiger partial charge in [0, 0.05) is 16.8 Å². The summed E-state index contributed by atoms with van der Waals surface area (Å²) in [5.74, 6) is -0.793. The Labute approximate surface area is 208 Å². The fraction of sp³-hybridized carbons (Fsp3) is 0.130. The summed E-state index contributed by atoms with van der Waals surface area (Å²) in [5.41, 5.74) is 7.31. The van der Waals surface area contributed by atoms with Crippen LogP contribution < -0.4 is 11.1 Å². The van der Waals surface area contributed by atoms with E-state index < -0.39 is 32.3 Å². The Balaban J connectivity index is 0.00000289. The summed E-state index contributed by atoms with van der Waals surface area (Å²) in [6, 6.07) is 14.7. The maximum atomic E-state index is 13.3. The van der Waals surface area contributed by atoms with Crippen LogP contribution in [0.1, 0.15) is 57.2 Å². The van der Waals surface area contributed by atoms with E-state index in [1.807, 2.05) is 32.0 Å². The molecule has 0 saturated heterocycles. The molecule has 0 fully saturated rings. The van der Waals surface area contributed by atoms with Crippen LogP contribution in [0.4, 0.5) is 17.1 Å². The summed E-state index contributed by atoms with van der Waals surface area (Å²) in [6.45, 7) is 4.06. The van der Waals surface area contributed by atoms with Crippen molar-refractivity contribution >= 4 is 68.3 Å². The van der Waals surface area contributed by atoms with E-state index in [4.69, 9.17) is 5.73 Å². The molecule has 0 spiro atoms. The number of carbonyl (C=O) groups excluding carboxylic acids is 2. The van der Waals surface area contributed by atoms with E-state index in [1.54, 1.807) is 18.2 Å². The maximum absolute atomic E-state index is 13.3. The number of hydrogen-bond donors (Lipinski definition) is 3. The van der Waals surface area contributed by atoms with Gasteiger partial charge in [0.1, 0.15) is 4.90 Å². The predicted molar refractivity (Wildman–Crippen MR) is 125 cm³/mol. The predicted octanol–water partition coefficient (Wildman–Crippen LogP) is 3.51. The number of nitrogens with two attached hydrogens (primary N) is 1. The van der Waals surface area contributed by atoms with Crippen LogP contribution in [0.5, 0.6) is 0 Å². The van der Waals surface area contributed by atoms with Gasteiger partial charge in [-0.1, -0.05) is 50.2 Å². The molecule has 9 heteroatoms. The number of fused-ring (bicyclic) bond motifs is 2. The van der Waals surface area contributed by atoms with E-state index in [9.17, 15) is 22.6 Å². The average molecular weight is 460 g/mol. The first-order chi connectivity index (χ1) is 14.6. The first-order valence-corrected chi connectivity index (χ1v) is 11.0. The summed E-state index contributed by atoms with van der Waals surface area (Å²) >= 11 is 0. The molecule has 1 aliphatic rings. The van der Waals surface area contributed by atoms with Crippen molar-refractivity contribution in [3.8, 4) is 0 Å². The Bertz CT molecular complexity index is 1370. The second-order valence-corrected chi connectivity index (χ2v) is 9.06. The van der Waals surface area contributed by atoms with Crippen molar-refractivity contribution in [2.45, 2.75) is 24.7 Å². The standard InChI is InChI=1S/C23H20N2O5S.Na.H/c1-12(2)13-6-5-7-14(10-13)25-17-11-18(31(28,29)30)21(24)20-19(17)22(26)15-8-3-4-9-16(15)23(20)27;;/h3-12,25H,24H2,1-2H3,(H,28,29,30);;. The van der Waals surface area contributed by atoms with Crippen LogP contribution in [-0.2, 0) is 10.1 Å².